The summed E-state index contributed by atoms with van der Waals surface area (Å²) in [4.78, 5) is 8.66. The van der Waals surface area contributed by atoms with Crippen molar-refractivity contribution < 1.29 is 4.74 Å². The van der Waals surface area contributed by atoms with E-state index in [-0.39, 0.29) is 0 Å². The third-order valence-corrected chi connectivity index (χ3v) is 5.57. The van der Waals surface area contributed by atoms with Crippen molar-refractivity contribution in [2.24, 2.45) is 5.73 Å². The molecule has 0 bridgehead atoms. The van der Waals surface area contributed by atoms with Crippen LogP contribution in [0.3, 0.4) is 0 Å². The van der Waals surface area contributed by atoms with Crippen LogP contribution in [-0.4, -0.2) is 30.3 Å². The van der Waals surface area contributed by atoms with E-state index in [9.17, 15) is 0 Å². The van der Waals surface area contributed by atoms with Gasteiger partial charge in [0.1, 0.15) is 0 Å². The van der Waals surface area contributed by atoms with E-state index >= 15 is 0 Å². The fraction of sp³-hybridized carbons (Fsp3) is 0.800. The average Bonchev–Trinajstić information content (AvgIpc) is 2.90. The molecule has 1 aromatic heterocycles. The number of aryl methyl sites for hydroxylation is 1. The lowest BCUT2D eigenvalue weighted by atomic mass is 9.90. The van der Waals surface area contributed by atoms with Crippen LogP contribution in [0.25, 0.3) is 0 Å². The van der Waals surface area contributed by atoms with Crippen molar-refractivity contribution >= 4 is 16.5 Å². The molecule has 0 amide bonds. The van der Waals surface area contributed by atoms with Crippen LogP contribution >= 0.6 is 11.3 Å². The second-order valence-electron chi connectivity index (χ2n) is 5.77. The van der Waals surface area contributed by atoms with Gasteiger partial charge in [0.2, 0.25) is 0 Å². The molecular weight excluding hydrogens is 270 g/mol. The van der Waals surface area contributed by atoms with Crippen LogP contribution in [0.15, 0.2) is 0 Å². The largest absolute Gasteiger partial charge is 0.374 e. The first-order valence-corrected chi connectivity index (χ1v) is 8.72. The van der Waals surface area contributed by atoms with Crippen molar-refractivity contribution in [1.82, 2.24) is 4.98 Å². The summed E-state index contributed by atoms with van der Waals surface area (Å²) in [6.45, 7) is 4.63. The molecule has 3 rings (SSSR count). The van der Waals surface area contributed by atoms with E-state index in [1.807, 2.05) is 0 Å². The van der Waals surface area contributed by atoms with Gasteiger partial charge in [0.05, 0.1) is 24.4 Å². The molecular formula is C15H25N3OS. The molecule has 112 valence electrons. The normalized spacial score (nSPS) is 26.6. The molecule has 1 aliphatic carbocycles. The summed E-state index contributed by atoms with van der Waals surface area (Å²) >= 11 is 1.80. The first kappa shape index (κ1) is 14.3. The zero-order chi connectivity index (χ0) is 13.9. The highest BCUT2D eigenvalue weighted by Crippen LogP contribution is 2.35. The zero-order valence-corrected chi connectivity index (χ0v) is 13.1. The van der Waals surface area contributed by atoms with E-state index in [2.05, 4.69) is 11.8 Å². The molecule has 2 unspecified atom stereocenters. The number of thiazole rings is 1. The van der Waals surface area contributed by atoms with Crippen LogP contribution in [0.2, 0.25) is 0 Å². The van der Waals surface area contributed by atoms with Gasteiger partial charge < -0.3 is 15.4 Å². The van der Waals surface area contributed by atoms with Gasteiger partial charge in [-0.2, -0.15) is 0 Å². The molecule has 1 saturated heterocycles. The summed E-state index contributed by atoms with van der Waals surface area (Å²) < 4.78 is 5.95. The molecule has 2 atom stereocenters. The van der Waals surface area contributed by atoms with Crippen LogP contribution in [0.1, 0.15) is 49.6 Å². The topological polar surface area (TPSA) is 51.4 Å². The van der Waals surface area contributed by atoms with Gasteiger partial charge in [0, 0.05) is 18.0 Å². The Morgan fingerprint density at radius 2 is 2.25 bits per heavy atom. The van der Waals surface area contributed by atoms with Crippen molar-refractivity contribution in [3.8, 4) is 0 Å². The highest BCUT2D eigenvalue weighted by Gasteiger charge is 2.35. The summed E-state index contributed by atoms with van der Waals surface area (Å²) in [5.74, 6) is 0. The molecule has 4 nitrogen and oxygen atoms in total. The summed E-state index contributed by atoms with van der Waals surface area (Å²) in [6.07, 6.45) is 7.66. The molecule has 1 aliphatic heterocycles. The van der Waals surface area contributed by atoms with Gasteiger partial charge in [-0.3, -0.25) is 0 Å². The molecule has 2 fully saturated rings. The molecule has 2 aliphatic rings. The first-order valence-electron chi connectivity index (χ1n) is 7.90. The summed E-state index contributed by atoms with van der Waals surface area (Å²) in [5, 5.41) is 1.18. The Morgan fingerprint density at radius 1 is 1.40 bits per heavy atom. The van der Waals surface area contributed by atoms with Crippen LogP contribution in [-0.2, 0) is 17.7 Å². The van der Waals surface area contributed by atoms with Gasteiger partial charge in [-0.05, 0) is 19.3 Å². The third kappa shape index (κ3) is 2.71. The Hall–Kier alpha value is -0.650. The number of nitrogens with two attached hydrogens (primary N) is 1. The van der Waals surface area contributed by atoms with E-state index < -0.39 is 0 Å². The third-order valence-electron chi connectivity index (χ3n) is 4.42. The highest BCUT2D eigenvalue weighted by atomic mass is 32.1. The Morgan fingerprint density at radius 3 is 3.05 bits per heavy atom. The lowest BCUT2D eigenvalue weighted by molar-refractivity contribution is -0.00869. The monoisotopic (exact) mass is 295 g/mol. The zero-order valence-electron chi connectivity index (χ0n) is 12.3. The molecule has 20 heavy (non-hydrogen) atoms. The summed E-state index contributed by atoms with van der Waals surface area (Å²) in [7, 11) is 0. The fourth-order valence-electron chi connectivity index (χ4n) is 3.42. The van der Waals surface area contributed by atoms with E-state index in [0.29, 0.717) is 18.7 Å². The van der Waals surface area contributed by atoms with Crippen molar-refractivity contribution in [2.45, 2.75) is 64.1 Å². The minimum atomic E-state index is 0.414. The van der Waals surface area contributed by atoms with Gasteiger partial charge >= 0.3 is 0 Å². The molecule has 0 spiro atoms. The molecule has 0 aromatic carbocycles. The summed E-state index contributed by atoms with van der Waals surface area (Å²) in [5.41, 5.74) is 7.10. The standard InChI is InChI=1S/C15H25N3OS/c1-2-5-11-14(10-16)20-15(17-11)18-8-9-19-13-7-4-3-6-12(13)18/h12-13H,2-10,16H2,1H3. The molecule has 1 aromatic rings. The number of ether oxygens (including phenoxy) is 1. The number of morpholine rings is 1. The average molecular weight is 295 g/mol. The molecule has 2 N–H and O–H groups in total. The van der Waals surface area contributed by atoms with E-state index in [4.69, 9.17) is 15.5 Å². The number of hydrogen-bond donors (Lipinski definition) is 1. The predicted molar refractivity (Wildman–Crippen MR) is 83.3 cm³/mol. The number of anilines is 1. The van der Waals surface area contributed by atoms with Gasteiger partial charge in [-0.1, -0.05) is 26.2 Å². The molecule has 2 heterocycles. The molecule has 5 heteroatoms. The van der Waals surface area contributed by atoms with Gasteiger partial charge in [0.15, 0.2) is 5.13 Å². The lowest BCUT2D eigenvalue weighted by Gasteiger charge is -2.43. The number of nitrogens with zero attached hydrogens (tertiary/aromatic N) is 2. The minimum Gasteiger partial charge on any atom is -0.374 e. The molecule has 0 radical (unpaired) electrons. The number of fused-ring (bicyclic) bond motifs is 1. The van der Waals surface area contributed by atoms with Crippen molar-refractivity contribution in [3.05, 3.63) is 10.6 Å². The van der Waals surface area contributed by atoms with Gasteiger partial charge in [-0.25, -0.2) is 4.98 Å². The van der Waals surface area contributed by atoms with E-state index in [1.165, 1.54) is 41.4 Å². The van der Waals surface area contributed by atoms with Crippen LogP contribution in [0.4, 0.5) is 5.13 Å². The van der Waals surface area contributed by atoms with E-state index in [1.54, 1.807) is 11.3 Å². The van der Waals surface area contributed by atoms with Crippen molar-refractivity contribution in [3.63, 3.8) is 0 Å². The number of rotatable bonds is 4. The number of aromatic nitrogens is 1. The van der Waals surface area contributed by atoms with Crippen LogP contribution in [0, 0.1) is 0 Å². The van der Waals surface area contributed by atoms with E-state index in [0.717, 1.165) is 26.0 Å². The maximum atomic E-state index is 5.95. The van der Waals surface area contributed by atoms with Crippen molar-refractivity contribution in [2.75, 3.05) is 18.1 Å². The number of hydrogen-bond acceptors (Lipinski definition) is 5. The second-order valence-corrected chi connectivity index (χ2v) is 6.84. The molecule has 1 saturated carbocycles. The Bertz CT molecular complexity index is 446. The SMILES string of the molecule is CCCc1nc(N2CCOC3CCCCC32)sc1CN. The Kier molecular flexibility index (Phi) is 4.58. The second kappa shape index (κ2) is 6.41. The van der Waals surface area contributed by atoms with Gasteiger partial charge in [0.25, 0.3) is 0 Å². The maximum Gasteiger partial charge on any atom is 0.186 e. The highest BCUT2D eigenvalue weighted by molar-refractivity contribution is 7.15. The maximum absolute atomic E-state index is 5.95. The van der Waals surface area contributed by atoms with Crippen molar-refractivity contribution in [1.29, 1.82) is 0 Å². The lowest BCUT2D eigenvalue weighted by Crippen LogP contribution is -2.52. The van der Waals surface area contributed by atoms with Gasteiger partial charge in [-0.15, -0.1) is 11.3 Å². The quantitative estimate of drug-likeness (QED) is 0.928. The summed E-state index contributed by atoms with van der Waals surface area (Å²) in [6, 6.07) is 0.531. The predicted octanol–water partition coefficient (Wildman–Crippen LogP) is 2.70. The Balaban J connectivity index is 1.83. The minimum absolute atomic E-state index is 0.414. The smallest absolute Gasteiger partial charge is 0.186 e. The fourth-order valence-corrected chi connectivity index (χ4v) is 4.49. The van der Waals surface area contributed by atoms with Crippen LogP contribution < -0.4 is 10.6 Å². The van der Waals surface area contributed by atoms with Crippen LogP contribution in [0.5, 0.6) is 0 Å². The first-order chi connectivity index (χ1) is 9.83. The Labute approximate surface area is 125 Å².